The maximum atomic E-state index is 12.4. The lowest BCUT2D eigenvalue weighted by atomic mass is 10.1. The number of carbonyl (C=O) groups is 1. The van der Waals surface area contributed by atoms with E-state index in [-0.39, 0.29) is 18.3 Å². The number of anilines is 1. The summed E-state index contributed by atoms with van der Waals surface area (Å²) < 4.78 is 0. The minimum Gasteiger partial charge on any atom is -0.330 e. The maximum Gasteiger partial charge on any atom is 0.275 e. The van der Waals surface area contributed by atoms with Gasteiger partial charge in [0, 0.05) is 23.2 Å². The lowest BCUT2D eigenvalue weighted by Crippen LogP contribution is -2.14. The van der Waals surface area contributed by atoms with Crippen LogP contribution in [-0.4, -0.2) is 22.7 Å². The summed E-state index contributed by atoms with van der Waals surface area (Å²) in [4.78, 5) is 16.7. The van der Waals surface area contributed by atoms with Crippen LogP contribution < -0.4 is 11.1 Å². The molecule has 1 amide bonds. The van der Waals surface area contributed by atoms with Crippen LogP contribution in [0.5, 0.6) is 0 Å². The highest BCUT2D eigenvalue weighted by Crippen LogP contribution is 2.25. The summed E-state index contributed by atoms with van der Waals surface area (Å²) in [5.41, 5.74) is 9.20. The van der Waals surface area contributed by atoms with Gasteiger partial charge in [-0.2, -0.15) is 11.8 Å². The van der Waals surface area contributed by atoms with E-state index in [0.717, 1.165) is 22.0 Å². The van der Waals surface area contributed by atoms with Gasteiger partial charge in [-0.05, 0) is 35.9 Å². The van der Waals surface area contributed by atoms with Crippen molar-refractivity contribution >= 4 is 47.1 Å². The highest BCUT2D eigenvalue weighted by Gasteiger charge is 2.13. The first-order valence-corrected chi connectivity index (χ1v) is 9.60. The molecule has 132 valence electrons. The summed E-state index contributed by atoms with van der Waals surface area (Å²) >= 11 is 3.37. The highest BCUT2D eigenvalue weighted by molar-refractivity contribution is 7.99. The fourth-order valence-corrected chi connectivity index (χ4v) is 3.69. The summed E-state index contributed by atoms with van der Waals surface area (Å²) in [6.07, 6.45) is 0.707. The molecule has 0 aliphatic rings. The number of amides is 1. The Morgan fingerprint density at radius 1 is 1.42 bits per heavy atom. The number of aromatic nitrogens is 1. The van der Waals surface area contributed by atoms with Gasteiger partial charge >= 0.3 is 0 Å². The Labute approximate surface area is 158 Å². The third-order valence-corrected chi connectivity index (χ3v) is 5.46. The molecule has 0 atom stereocenters. The lowest BCUT2D eigenvalue weighted by Gasteiger charge is -2.13. The smallest absolute Gasteiger partial charge is 0.275 e. The Bertz CT molecular complexity index is 674. The van der Waals surface area contributed by atoms with Crippen LogP contribution in [0.15, 0.2) is 23.6 Å². The first kappa shape index (κ1) is 21.0. The zero-order valence-corrected chi connectivity index (χ0v) is 16.6. The molecular formula is C17H24ClN3OS2. The monoisotopic (exact) mass is 385 g/mol. The molecule has 0 bridgehead atoms. The third kappa shape index (κ3) is 5.77. The first-order chi connectivity index (χ1) is 11.0. The van der Waals surface area contributed by atoms with Crippen molar-refractivity contribution in [3.05, 3.63) is 45.4 Å². The predicted octanol–water partition coefficient (Wildman–Crippen LogP) is 4.27. The molecule has 0 radical (unpaired) electrons. The second-order valence-corrected chi connectivity index (χ2v) is 8.08. The molecule has 1 aromatic carbocycles. The summed E-state index contributed by atoms with van der Waals surface area (Å²) in [7, 11) is 0. The number of halogens is 1. The minimum atomic E-state index is -0.165. The standard InChI is InChI=1S/C17H23N3OS2.ClH/c1-11(2)22-9-13-5-4-6-14(12(13)3)20-17(21)15-10-23-16(19-15)7-8-18;/h4-6,10-11H,7-9,18H2,1-3H3,(H,20,21);1H. The molecule has 0 saturated heterocycles. The van der Waals surface area contributed by atoms with Gasteiger partial charge in [-0.25, -0.2) is 4.98 Å². The van der Waals surface area contributed by atoms with E-state index in [1.807, 2.05) is 30.8 Å². The van der Waals surface area contributed by atoms with Gasteiger partial charge in [0.05, 0.1) is 5.01 Å². The van der Waals surface area contributed by atoms with Gasteiger partial charge in [-0.3, -0.25) is 4.79 Å². The molecule has 0 spiro atoms. The second-order valence-electron chi connectivity index (χ2n) is 5.57. The fourth-order valence-electron chi connectivity index (χ4n) is 2.07. The van der Waals surface area contributed by atoms with Crippen molar-refractivity contribution in [2.75, 3.05) is 11.9 Å². The van der Waals surface area contributed by atoms with Gasteiger partial charge in [0.2, 0.25) is 0 Å². The SMILES string of the molecule is Cc1c(CSC(C)C)cccc1NC(=O)c1csc(CCN)n1.Cl. The molecular weight excluding hydrogens is 362 g/mol. The number of carbonyl (C=O) groups excluding carboxylic acids is 1. The molecule has 0 saturated carbocycles. The molecule has 1 heterocycles. The van der Waals surface area contributed by atoms with Crippen molar-refractivity contribution in [1.82, 2.24) is 4.98 Å². The fraction of sp³-hybridized carbons (Fsp3) is 0.412. The molecule has 0 unspecified atom stereocenters. The zero-order chi connectivity index (χ0) is 16.8. The highest BCUT2D eigenvalue weighted by atomic mass is 35.5. The average Bonchev–Trinajstić information content (AvgIpc) is 2.97. The number of thioether (sulfide) groups is 1. The predicted molar refractivity (Wildman–Crippen MR) is 108 cm³/mol. The van der Waals surface area contributed by atoms with E-state index in [0.29, 0.717) is 23.9 Å². The number of thiazole rings is 1. The molecule has 0 aliphatic carbocycles. The van der Waals surface area contributed by atoms with Gasteiger partial charge in [0.15, 0.2) is 0 Å². The normalized spacial score (nSPS) is 10.5. The topological polar surface area (TPSA) is 68.0 Å². The minimum absolute atomic E-state index is 0. The largest absolute Gasteiger partial charge is 0.330 e. The van der Waals surface area contributed by atoms with E-state index in [1.54, 1.807) is 5.38 Å². The van der Waals surface area contributed by atoms with Crippen LogP contribution in [0.25, 0.3) is 0 Å². The number of nitrogens with one attached hydrogen (secondary N) is 1. The Hall–Kier alpha value is -1.08. The number of nitrogens with two attached hydrogens (primary N) is 1. The van der Waals surface area contributed by atoms with E-state index in [1.165, 1.54) is 16.9 Å². The number of benzene rings is 1. The third-order valence-electron chi connectivity index (χ3n) is 3.41. The van der Waals surface area contributed by atoms with Crippen molar-refractivity contribution < 1.29 is 4.79 Å². The summed E-state index contributed by atoms with van der Waals surface area (Å²) in [5.74, 6) is 0.783. The van der Waals surface area contributed by atoms with Crippen LogP contribution in [0.4, 0.5) is 5.69 Å². The lowest BCUT2D eigenvalue weighted by molar-refractivity contribution is 0.102. The summed E-state index contributed by atoms with van der Waals surface area (Å²) in [6, 6.07) is 6.03. The quantitative estimate of drug-likeness (QED) is 0.746. The Kier molecular flexibility index (Phi) is 8.76. The molecule has 3 N–H and O–H groups in total. The van der Waals surface area contributed by atoms with E-state index < -0.39 is 0 Å². The zero-order valence-electron chi connectivity index (χ0n) is 14.2. The van der Waals surface area contributed by atoms with Crippen molar-refractivity contribution in [2.45, 2.75) is 38.2 Å². The van der Waals surface area contributed by atoms with Crippen LogP contribution in [0.2, 0.25) is 0 Å². The molecule has 0 aliphatic heterocycles. The Morgan fingerprint density at radius 2 is 2.17 bits per heavy atom. The molecule has 2 rings (SSSR count). The molecule has 1 aromatic heterocycles. The van der Waals surface area contributed by atoms with Crippen LogP contribution in [0.3, 0.4) is 0 Å². The molecule has 4 nitrogen and oxygen atoms in total. The van der Waals surface area contributed by atoms with Crippen LogP contribution in [0, 0.1) is 6.92 Å². The van der Waals surface area contributed by atoms with Gasteiger partial charge in [0.1, 0.15) is 5.69 Å². The summed E-state index contributed by atoms with van der Waals surface area (Å²) in [5, 5.41) is 6.25. The van der Waals surface area contributed by atoms with Crippen LogP contribution in [-0.2, 0) is 12.2 Å². The molecule has 2 aromatic rings. The number of hydrogen-bond acceptors (Lipinski definition) is 5. The molecule has 24 heavy (non-hydrogen) atoms. The Balaban J connectivity index is 0.00000288. The van der Waals surface area contributed by atoms with E-state index in [4.69, 9.17) is 5.73 Å². The van der Waals surface area contributed by atoms with Crippen LogP contribution >= 0.6 is 35.5 Å². The second kappa shape index (κ2) is 10.0. The van der Waals surface area contributed by atoms with Crippen molar-refractivity contribution in [1.29, 1.82) is 0 Å². The van der Waals surface area contributed by atoms with Crippen molar-refractivity contribution in [3.63, 3.8) is 0 Å². The average molecular weight is 386 g/mol. The Morgan fingerprint density at radius 3 is 2.83 bits per heavy atom. The molecule has 7 heteroatoms. The van der Waals surface area contributed by atoms with Gasteiger partial charge < -0.3 is 11.1 Å². The summed E-state index contributed by atoms with van der Waals surface area (Å²) in [6.45, 7) is 6.97. The van der Waals surface area contributed by atoms with Crippen molar-refractivity contribution in [2.24, 2.45) is 5.73 Å². The van der Waals surface area contributed by atoms with E-state index >= 15 is 0 Å². The van der Waals surface area contributed by atoms with Gasteiger partial charge in [-0.1, -0.05) is 26.0 Å². The van der Waals surface area contributed by atoms with E-state index in [9.17, 15) is 4.79 Å². The number of rotatable bonds is 7. The number of nitrogens with zero attached hydrogens (tertiary/aromatic N) is 1. The maximum absolute atomic E-state index is 12.4. The van der Waals surface area contributed by atoms with Crippen LogP contribution in [0.1, 0.15) is 40.5 Å². The molecule has 0 fully saturated rings. The number of hydrogen-bond donors (Lipinski definition) is 2. The van der Waals surface area contributed by atoms with Gasteiger partial charge in [-0.15, -0.1) is 23.7 Å². The first-order valence-electron chi connectivity index (χ1n) is 7.67. The van der Waals surface area contributed by atoms with Gasteiger partial charge in [0.25, 0.3) is 5.91 Å². The van der Waals surface area contributed by atoms with E-state index in [2.05, 4.69) is 30.2 Å². The van der Waals surface area contributed by atoms with Crippen molar-refractivity contribution in [3.8, 4) is 0 Å².